The summed E-state index contributed by atoms with van der Waals surface area (Å²) in [5, 5.41) is 12.2. The van der Waals surface area contributed by atoms with Gasteiger partial charge in [-0.05, 0) is 54.4 Å². The van der Waals surface area contributed by atoms with E-state index in [1.165, 1.54) is 16.7 Å². The molecule has 0 aliphatic carbocycles. The highest BCUT2D eigenvalue weighted by atomic mass is 79.9. The molecule has 170 valence electrons. The van der Waals surface area contributed by atoms with Gasteiger partial charge in [-0.2, -0.15) is 0 Å². The Morgan fingerprint density at radius 1 is 0.688 bits per heavy atom. The lowest BCUT2D eigenvalue weighted by Crippen LogP contribution is -1.98. The lowest BCUT2D eigenvalue weighted by atomic mass is 10.00. The number of alkyl halides is 2. The first-order valence-electron chi connectivity index (χ1n) is 11.1. The molecule has 0 aliphatic rings. The van der Waals surface area contributed by atoms with Crippen molar-refractivity contribution in [1.29, 1.82) is 0 Å². The topological polar surface area (TPSA) is 37.3 Å². The number of unbranched alkanes of at least 4 members (excludes halogenated alkanes) is 1. The highest BCUT2D eigenvalue weighted by Gasteiger charge is 2.07. The van der Waals surface area contributed by atoms with Gasteiger partial charge in [0.05, 0.1) is 6.10 Å². The van der Waals surface area contributed by atoms with Gasteiger partial charge in [-0.1, -0.05) is 117 Å². The summed E-state index contributed by atoms with van der Waals surface area (Å²) < 4.78 is 0. The lowest BCUT2D eigenvalue weighted by Gasteiger charge is -2.11. The molecule has 0 amide bonds. The number of hydrogen-bond donors (Lipinski definition) is 1. The van der Waals surface area contributed by atoms with E-state index in [4.69, 9.17) is 0 Å². The van der Waals surface area contributed by atoms with E-state index in [0.717, 1.165) is 66.6 Å². The first-order valence-corrected chi connectivity index (χ1v) is 13.4. The van der Waals surface area contributed by atoms with Crippen molar-refractivity contribution in [3.05, 3.63) is 107 Å². The molecule has 32 heavy (non-hydrogen) atoms. The van der Waals surface area contributed by atoms with Gasteiger partial charge < -0.3 is 5.11 Å². The Morgan fingerprint density at radius 2 is 1.22 bits per heavy atom. The molecule has 0 bridgehead atoms. The minimum atomic E-state index is -0.334. The van der Waals surface area contributed by atoms with Crippen molar-refractivity contribution in [1.82, 2.24) is 0 Å². The Balaban J connectivity index is 0.000000278. The standard InChI is InChI=1S/C19H23BrO.C9H9BrO/c20-15-14-17-10-12-18(13-11-17)19(21)9-5-4-8-16-6-2-1-3-7-16;10-6-5-8-1-3-9(7-11)4-2-8/h1-3,6-7,10-13,19,21H,4-5,8-9,14-15H2;1-4,7H,5-6H2. The highest BCUT2D eigenvalue weighted by Crippen LogP contribution is 2.20. The van der Waals surface area contributed by atoms with Crippen molar-refractivity contribution >= 4 is 38.1 Å². The molecule has 0 saturated heterocycles. The third-order valence-corrected chi connectivity index (χ3v) is 6.08. The van der Waals surface area contributed by atoms with Crippen LogP contribution in [-0.4, -0.2) is 22.1 Å². The van der Waals surface area contributed by atoms with Crippen LogP contribution in [0, 0.1) is 0 Å². The molecule has 3 aromatic rings. The SMILES string of the molecule is O=Cc1ccc(CCBr)cc1.OC(CCCCc1ccccc1)c1ccc(CCBr)cc1. The fourth-order valence-corrected chi connectivity index (χ4v) is 4.28. The average molecular weight is 560 g/mol. The van der Waals surface area contributed by atoms with E-state index in [1.54, 1.807) is 0 Å². The third kappa shape index (κ3) is 10.2. The van der Waals surface area contributed by atoms with Crippen LogP contribution in [0.2, 0.25) is 0 Å². The summed E-state index contributed by atoms with van der Waals surface area (Å²) >= 11 is 6.80. The average Bonchev–Trinajstić information content (AvgIpc) is 2.84. The predicted molar refractivity (Wildman–Crippen MR) is 142 cm³/mol. The number of carbonyl (C=O) groups is 1. The molecule has 1 atom stereocenters. The van der Waals surface area contributed by atoms with E-state index in [0.29, 0.717) is 0 Å². The van der Waals surface area contributed by atoms with Crippen LogP contribution in [-0.2, 0) is 19.3 Å². The molecule has 0 spiro atoms. The molecule has 0 radical (unpaired) electrons. The van der Waals surface area contributed by atoms with E-state index in [-0.39, 0.29) is 6.10 Å². The quantitative estimate of drug-likeness (QED) is 0.150. The van der Waals surface area contributed by atoms with Crippen LogP contribution < -0.4 is 0 Å². The number of rotatable bonds is 11. The zero-order valence-electron chi connectivity index (χ0n) is 18.4. The molecule has 0 aromatic heterocycles. The molecule has 1 unspecified atom stereocenters. The van der Waals surface area contributed by atoms with Crippen molar-refractivity contribution in [2.75, 3.05) is 10.7 Å². The van der Waals surface area contributed by atoms with Crippen molar-refractivity contribution in [3.63, 3.8) is 0 Å². The number of aliphatic hydroxyl groups excluding tert-OH is 1. The van der Waals surface area contributed by atoms with Crippen LogP contribution in [0.15, 0.2) is 78.9 Å². The van der Waals surface area contributed by atoms with Gasteiger partial charge in [0.1, 0.15) is 6.29 Å². The van der Waals surface area contributed by atoms with E-state index >= 15 is 0 Å². The van der Waals surface area contributed by atoms with Crippen molar-refractivity contribution in [2.45, 2.75) is 44.6 Å². The maximum atomic E-state index is 10.3. The number of hydrogen-bond acceptors (Lipinski definition) is 2. The molecule has 3 rings (SSSR count). The number of halogens is 2. The van der Waals surface area contributed by atoms with Crippen LogP contribution >= 0.6 is 31.9 Å². The molecule has 0 aliphatic heterocycles. The van der Waals surface area contributed by atoms with E-state index < -0.39 is 0 Å². The number of aliphatic hydroxyl groups is 1. The molecule has 0 heterocycles. The minimum Gasteiger partial charge on any atom is -0.388 e. The summed E-state index contributed by atoms with van der Waals surface area (Å²) in [6, 6.07) is 26.5. The summed E-state index contributed by atoms with van der Waals surface area (Å²) in [5.41, 5.74) is 5.72. The second kappa shape index (κ2) is 16.0. The van der Waals surface area contributed by atoms with Crippen LogP contribution in [0.3, 0.4) is 0 Å². The fourth-order valence-electron chi connectivity index (χ4n) is 3.37. The molecule has 0 saturated carbocycles. The highest BCUT2D eigenvalue weighted by molar-refractivity contribution is 9.09. The van der Waals surface area contributed by atoms with Gasteiger partial charge in [0, 0.05) is 16.2 Å². The van der Waals surface area contributed by atoms with Gasteiger partial charge in [-0.25, -0.2) is 0 Å². The molecule has 3 aromatic carbocycles. The zero-order chi connectivity index (χ0) is 23.0. The van der Waals surface area contributed by atoms with Crippen LogP contribution in [0.4, 0.5) is 0 Å². The predicted octanol–water partition coefficient (Wildman–Crippen LogP) is 7.51. The van der Waals surface area contributed by atoms with Crippen LogP contribution in [0.5, 0.6) is 0 Å². The Hall–Kier alpha value is -1.75. The lowest BCUT2D eigenvalue weighted by molar-refractivity contribution is 0.112. The summed E-state index contributed by atoms with van der Waals surface area (Å²) in [6.07, 6.45) is 6.69. The largest absolute Gasteiger partial charge is 0.388 e. The monoisotopic (exact) mass is 558 g/mol. The summed E-state index contributed by atoms with van der Waals surface area (Å²) in [4.78, 5) is 10.3. The second-order valence-corrected chi connectivity index (χ2v) is 9.31. The van der Waals surface area contributed by atoms with Gasteiger partial charge in [-0.15, -0.1) is 0 Å². The number of aldehydes is 1. The maximum absolute atomic E-state index is 10.3. The van der Waals surface area contributed by atoms with Crippen molar-refractivity contribution in [3.8, 4) is 0 Å². The minimum absolute atomic E-state index is 0.334. The summed E-state index contributed by atoms with van der Waals surface area (Å²) in [5.74, 6) is 0. The Kier molecular flexibility index (Phi) is 13.2. The van der Waals surface area contributed by atoms with Gasteiger partial charge in [-0.3, -0.25) is 4.79 Å². The van der Waals surface area contributed by atoms with Crippen molar-refractivity contribution < 1.29 is 9.90 Å². The summed E-state index contributed by atoms with van der Waals surface area (Å²) in [6.45, 7) is 0. The third-order valence-electron chi connectivity index (χ3n) is 5.28. The summed E-state index contributed by atoms with van der Waals surface area (Å²) in [7, 11) is 0. The molecule has 0 fully saturated rings. The maximum Gasteiger partial charge on any atom is 0.150 e. The van der Waals surface area contributed by atoms with Gasteiger partial charge >= 0.3 is 0 Å². The Morgan fingerprint density at radius 3 is 1.75 bits per heavy atom. The van der Waals surface area contributed by atoms with E-state index in [9.17, 15) is 9.90 Å². The number of benzene rings is 3. The molecular formula is C28H32Br2O2. The smallest absolute Gasteiger partial charge is 0.150 e. The number of carbonyl (C=O) groups excluding carboxylic acids is 1. The number of aryl methyl sites for hydroxylation is 3. The molecule has 2 nitrogen and oxygen atoms in total. The molecular weight excluding hydrogens is 528 g/mol. The Labute approximate surface area is 209 Å². The normalized spacial score (nSPS) is 11.3. The van der Waals surface area contributed by atoms with Gasteiger partial charge in [0.15, 0.2) is 0 Å². The molecule has 4 heteroatoms. The van der Waals surface area contributed by atoms with Gasteiger partial charge in [0.25, 0.3) is 0 Å². The van der Waals surface area contributed by atoms with Crippen molar-refractivity contribution in [2.24, 2.45) is 0 Å². The van der Waals surface area contributed by atoms with E-state index in [1.807, 2.05) is 30.3 Å². The van der Waals surface area contributed by atoms with Gasteiger partial charge in [0.2, 0.25) is 0 Å². The van der Waals surface area contributed by atoms with E-state index in [2.05, 4.69) is 80.4 Å². The molecule has 1 N–H and O–H groups in total. The fraction of sp³-hybridized carbons (Fsp3) is 0.321. The first-order chi connectivity index (χ1) is 15.7. The van der Waals surface area contributed by atoms with Crippen LogP contribution in [0.1, 0.15) is 58.0 Å². The zero-order valence-corrected chi connectivity index (χ0v) is 21.6. The second-order valence-electron chi connectivity index (χ2n) is 7.73. The Bertz CT molecular complexity index is 878. The van der Waals surface area contributed by atoms with Crippen LogP contribution in [0.25, 0.3) is 0 Å². The first kappa shape index (κ1) is 26.5.